The van der Waals surface area contributed by atoms with Gasteiger partial charge in [0.1, 0.15) is 5.15 Å². The Labute approximate surface area is 90.6 Å². The van der Waals surface area contributed by atoms with Crippen LogP contribution < -0.4 is 0 Å². The number of ether oxygens (including phenoxy) is 1. The fraction of sp³-hybridized carbons (Fsp3) is 0.222. The van der Waals surface area contributed by atoms with Crippen molar-refractivity contribution in [3.05, 3.63) is 29.2 Å². The summed E-state index contributed by atoms with van der Waals surface area (Å²) in [5.74, 6) is -0.483. The number of esters is 1. The first kappa shape index (κ1) is 9.92. The molecule has 0 saturated heterocycles. The predicted octanol–water partition coefficient (Wildman–Crippen LogP) is 1.56. The van der Waals surface area contributed by atoms with Crippen molar-refractivity contribution >= 4 is 23.2 Å². The largest absolute Gasteiger partial charge is 0.461 e. The van der Waals surface area contributed by atoms with Crippen LogP contribution in [0.15, 0.2) is 18.3 Å². The standard InChI is InChI=1S/C9H8ClN3O2/c1-2-15-9(14)6-5-7(10)13-8(12-6)3-4-11-13/h3-5H,2H2,1H3. The van der Waals surface area contributed by atoms with Crippen LogP contribution in [0.5, 0.6) is 0 Å². The predicted molar refractivity (Wildman–Crippen MR) is 54.0 cm³/mol. The molecule has 0 unspecified atom stereocenters. The summed E-state index contributed by atoms with van der Waals surface area (Å²) in [5.41, 5.74) is 0.709. The summed E-state index contributed by atoms with van der Waals surface area (Å²) >= 11 is 5.90. The van der Waals surface area contributed by atoms with E-state index in [1.807, 2.05) is 0 Å². The number of nitrogens with zero attached hydrogens (tertiary/aromatic N) is 3. The topological polar surface area (TPSA) is 56.5 Å². The Morgan fingerprint density at radius 2 is 2.47 bits per heavy atom. The molecule has 2 heterocycles. The Morgan fingerprint density at radius 1 is 1.67 bits per heavy atom. The van der Waals surface area contributed by atoms with Crippen molar-refractivity contribution in [1.29, 1.82) is 0 Å². The normalized spacial score (nSPS) is 10.5. The van der Waals surface area contributed by atoms with E-state index in [-0.39, 0.29) is 5.69 Å². The fourth-order valence-electron chi connectivity index (χ4n) is 1.18. The molecule has 0 aliphatic carbocycles. The minimum atomic E-state index is -0.483. The lowest BCUT2D eigenvalue weighted by molar-refractivity contribution is 0.0519. The summed E-state index contributed by atoms with van der Waals surface area (Å²) in [6, 6.07) is 3.09. The van der Waals surface area contributed by atoms with Crippen molar-refractivity contribution < 1.29 is 9.53 Å². The van der Waals surface area contributed by atoms with E-state index in [0.29, 0.717) is 17.4 Å². The van der Waals surface area contributed by atoms with Gasteiger partial charge in [-0.2, -0.15) is 5.10 Å². The lowest BCUT2D eigenvalue weighted by atomic mass is 10.4. The zero-order valence-corrected chi connectivity index (χ0v) is 8.73. The maximum absolute atomic E-state index is 11.4. The van der Waals surface area contributed by atoms with Gasteiger partial charge in [-0.15, -0.1) is 0 Å². The maximum Gasteiger partial charge on any atom is 0.357 e. The molecule has 78 valence electrons. The second kappa shape index (κ2) is 3.86. The molecule has 0 fully saturated rings. The molecule has 0 saturated carbocycles. The zero-order chi connectivity index (χ0) is 10.8. The van der Waals surface area contributed by atoms with Crippen molar-refractivity contribution in [3.63, 3.8) is 0 Å². The Bertz CT molecular complexity index is 509. The van der Waals surface area contributed by atoms with E-state index >= 15 is 0 Å². The highest BCUT2D eigenvalue weighted by Gasteiger charge is 2.12. The van der Waals surface area contributed by atoms with E-state index in [0.717, 1.165) is 0 Å². The van der Waals surface area contributed by atoms with E-state index in [1.54, 1.807) is 19.2 Å². The van der Waals surface area contributed by atoms with Crippen LogP contribution in [0.3, 0.4) is 0 Å². The first-order valence-electron chi connectivity index (χ1n) is 4.39. The Hall–Kier alpha value is -1.62. The molecular formula is C9H8ClN3O2. The van der Waals surface area contributed by atoms with Gasteiger partial charge in [0.25, 0.3) is 0 Å². The van der Waals surface area contributed by atoms with Gasteiger partial charge in [-0.05, 0) is 6.92 Å². The molecule has 0 spiro atoms. The minimum absolute atomic E-state index is 0.190. The molecule has 0 aliphatic heterocycles. The van der Waals surface area contributed by atoms with E-state index in [4.69, 9.17) is 16.3 Å². The van der Waals surface area contributed by atoms with Crippen molar-refractivity contribution in [1.82, 2.24) is 14.6 Å². The third kappa shape index (κ3) is 1.78. The van der Waals surface area contributed by atoms with Crippen LogP contribution in [-0.4, -0.2) is 27.2 Å². The van der Waals surface area contributed by atoms with Crippen molar-refractivity contribution in [3.8, 4) is 0 Å². The molecule has 2 aromatic heterocycles. The average molecular weight is 226 g/mol. The van der Waals surface area contributed by atoms with Crippen LogP contribution in [0.25, 0.3) is 5.65 Å². The van der Waals surface area contributed by atoms with Gasteiger partial charge in [-0.1, -0.05) is 11.6 Å². The van der Waals surface area contributed by atoms with Gasteiger partial charge in [0, 0.05) is 12.1 Å². The van der Waals surface area contributed by atoms with Gasteiger partial charge in [0.05, 0.1) is 12.8 Å². The quantitative estimate of drug-likeness (QED) is 0.575. The number of carbonyl (C=O) groups is 1. The second-order valence-corrected chi connectivity index (χ2v) is 3.17. The monoisotopic (exact) mass is 225 g/mol. The molecule has 15 heavy (non-hydrogen) atoms. The number of carbonyl (C=O) groups excluding carboxylic acids is 1. The average Bonchev–Trinajstić information content (AvgIpc) is 2.66. The summed E-state index contributed by atoms with van der Waals surface area (Å²) < 4.78 is 6.25. The lowest BCUT2D eigenvalue weighted by Gasteiger charge is -2.02. The van der Waals surface area contributed by atoms with Gasteiger partial charge < -0.3 is 4.74 Å². The maximum atomic E-state index is 11.4. The number of aromatic nitrogens is 3. The summed E-state index contributed by atoms with van der Waals surface area (Å²) in [7, 11) is 0. The fourth-order valence-corrected chi connectivity index (χ4v) is 1.42. The van der Waals surface area contributed by atoms with Crippen molar-refractivity contribution in [2.24, 2.45) is 0 Å². The molecule has 0 aromatic carbocycles. The van der Waals surface area contributed by atoms with Gasteiger partial charge >= 0.3 is 5.97 Å². The highest BCUT2D eigenvalue weighted by Crippen LogP contribution is 2.12. The molecule has 6 heteroatoms. The van der Waals surface area contributed by atoms with Gasteiger partial charge in [-0.3, -0.25) is 0 Å². The summed E-state index contributed by atoms with van der Waals surface area (Å²) in [5, 5.41) is 4.26. The first-order chi connectivity index (χ1) is 7.22. The van der Waals surface area contributed by atoms with Crippen LogP contribution in [0, 0.1) is 0 Å². The minimum Gasteiger partial charge on any atom is -0.461 e. The van der Waals surface area contributed by atoms with Crippen molar-refractivity contribution in [2.45, 2.75) is 6.92 Å². The van der Waals surface area contributed by atoms with E-state index < -0.39 is 5.97 Å². The Morgan fingerprint density at radius 3 is 3.20 bits per heavy atom. The lowest BCUT2D eigenvalue weighted by Crippen LogP contribution is -2.08. The number of hydrogen-bond acceptors (Lipinski definition) is 4. The van der Waals surface area contributed by atoms with Crippen LogP contribution in [-0.2, 0) is 4.74 Å². The molecule has 5 nitrogen and oxygen atoms in total. The number of halogens is 1. The van der Waals surface area contributed by atoms with Crippen molar-refractivity contribution in [2.75, 3.05) is 6.61 Å². The third-order valence-electron chi connectivity index (χ3n) is 1.80. The number of hydrogen-bond donors (Lipinski definition) is 0. The molecular weight excluding hydrogens is 218 g/mol. The molecule has 0 radical (unpaired) electrons. The zero-order valence-electron chi connectivity index (χ0n) is 7.98. The van der Waals surface area contributed by atoms with E-state index in [9.17, 15) is 4.79 Å². The molecule has 0 amide bonds. The van der Waals surface area contributed by atoms with E-state index in [1.165, 1.54) is 10.6 Å². The molecule has 2 rings (SSSR count). The smallest absolute Gasteiger partial charge is 0.357 e. The number of fused-ring (bicyclic) bond motifs is 1. The summed E-state index contributed by atoms with van der Waals surface area (Å²) in [6.45, 7) is 2.04. The molecule has 2 aromatic rings. The second-order valence-electron chi connectivity index (χ2n) is 2.79. The Balaban J connectivity index is 2.49. The van der Waals surface area contributed by atoms with Crippen LogP contribution in [0.4, 0.5) is 0 Å². The SMILES string of the molecule is CCOC(=O)c1cc(Cl)n2nccc2n1. The number of rotatable bonds is 2. The molecule has 0 aliphatic rings. The van der Waals surface area contributed by atoms with Crippen LogP contribution in [0.2, 0.25) is 5.15 Å². The summed E-state index contributed by atoms with van der Waals surface area (Å²) in [6.07, 6.45) is 1.56. The van der Waals surface area contributed by atoms with Crippen LogP contribution in [0.1, 0.15) is 17.4 Å². The van der Waals surface area contributed by atoms with E-state index in [2.05, 4.69) is 10.1 Å². The third-order valence-corrected chi connectivity index (χ3v) is 2.07. The molecule has 0 atom stereocenters. The highest BCUT2D eigenvalue weighted by atomic mass is 35.5. The first-order valence-corrected chi connectivity index (χ1v) is 4.77. The molecule has 0 N–H and O–H groups in total. The summed E-state index contributed by atoms with van der Waals surface area (Å²) in [4.78, 5) is 15.4. The Kier molecular flexibility index (Phi) is 2.55. The highest BCUT2D eigenvalue weighted by molar-refractivity contribution is 6.30. The van der Waals surface area contributed by atoms with Gasteiger partial charge in [-0.25, -0.2) is 14.3 Å². The van der Waals surface area contributed by atoms with Gasteiger partial charge in [0.15, 0.2) is 11.3 Å². The van der Waals surface area contributed by atoms with Crippen LogP contribution >= 0.6 is 11.6 Å². The van der Waals surface area contributed by atoms with Gasteiger partial charge in [0.2, 0.25) is 0 Å². The molecule has 0 bridgehead atoms.